The van der Waals surface area contributed by atoms with Crippen LogP contribution in [0.25, 0.3) is 5.69 Å². The number of aromatic nitrogens is 1. The Kier molecular flexibility index (Phi) is 5.24. The lowest BCUT2D eigenvalue weighted by molar-refractivity contribution is 0.0967. The number of halogens is 1. The van der Waals surface area contributed by atoms with Gasteiger partial charge in [0.2, 0.25) is 0 Å². The molecule has 0 fully saturated rings. The third-order valence-corrected chi connectivity index (χ3v) is 3.99. The third kappa shape index (κ3) is 3.87. The Bertz CT molecular complexity index is 939. The smallest absolute Gasteiger partial charge is 0.326 e. The van der Waals surface area contributed by atoms with Gasteiger partial charge in [0.05, 0.1) is 23.4 Å². The summed E-state index contributed by atoms with van der Waals surface area (Å²) in [6, 6.07) is 14.8. The molecular weight excluding hydrogens is 354 g/mol. The quantitative estimate of drug-likeness (QED) is 0.727. The molecule has 132 valence electrons. The summed E-state index contributed by atoms with van der Waals surface area (Å²) in [7, 11) is 1.57. The van der Waals surface area contributed by atoms with Crippen LogP contribution < -0.4 is 15.4 Å². The predicted octanol–water partition coefficient (Wildman–Crippen LogP) is 4.10. The molecule has 3 amide bonds. The van der Waals surface area contributed by atoms with Crippen LogP contribution in [0.1, 0.15) is 10.4 Å². The first kappa shape index (κ1) is 17.6. The first-order valence-electron chi connectivity index (χ1n) is 7.76. The van der Waals surface area contributed by atoms with Crippen molar-refractivity contribution in [2.24, 2.45) is 0 Å². The minimum atomic E-state index is -0.654. The monoisotopic (exact) mass is 369 g/mol. The molecule has 3 rings (SSSR count). The van der Waals surface area contributed by atoms with Crippen molar-refractivity contribution in [2.45, 2.75) is 0 Å². The van der Waals surface area contributed by atoms with E-state index in [0.29, 0.717) is 11.4 Å². The van der Waals surface area contributed by atoms with Gasteiger partial charge in [-0.1, -0.05) is 23.7 Å². The van der Waals surface area contributed by atoms with Crippen LogP contribution in [-0.2, 0) is 0 Å². The number of hydrogen-bond acceptors (Lipinski definition) is 3. The Balaban J connectivity index is 1.75. The molecule has 0 bridgehead atoms. The van der Waals surface area contributed by atoms with Crippen LogP contribution in [0.2, 0.25) is 5.02 Å². The van der Waals surface area contributed by atoms with E-state index >= 15 is 0 Å². The van der Waals surface area contributed by atoms with Gasteiger partial charge in [0, 0.05) is 18.1 Å². The zero-order chi connectivity index (χ0) is 18.5. The molecule has 6 nitrogen and oxygen atoms in total. The molecule has 0 aliphatic heterocycles. The van der Waals surface area contributed by atoms with Crippen LogP contribution in [-0.4, -0.2) is 23.6 Å². The largest absolute Gasteiger partial charge is 0.495 e. The average molecular weight is 370 g/mol. The van der Waals surface area contributed by atoms with E-state index in [4.69, 9.17) is 16.3 Å². The second-order valence-corrected chi connectivity index (χ2v) is 5.77. The van der Waals surface area contributed by atoms with E-state index in [9.17, 15) is 9.59 Å². The lowest BCUT2D eigenvalue weighted by Crippen LogP contribution is -2.34. The topological polar surface area (TPSA) is 72.4 Å². The number of imide groups is 1. The van der Waals surface area contributed by atoms with Gasteiger partial charge in [-0.3, -0.25) is 10.1 Å². The number of carbonyl (C=O) groups is 2. The molecule has 0 spiro atoms. The van der Waals surface area contributed by atoms with Gasteiger partial charge in [0.25, 0.3) is 5.91 Å². The number of methoxy groups -OCH3 is 1. The number of urea groups is 1. The van der Waals surface area contributed by atoms with Gasteiger partial charge in [-0.15, -0.1) is 0 Å². The lowest BCUT2D eigenvalue weighted by atomic mass is 10.2. The van der Waals surface area contributed by atoms with Gasteiger partial charge >= 0.3 is 6.03 Å². The minimum absolute atomic E-state index is 0.229. The van der Waals surface area contributed by atoms with Crippen LogP contribution in [0, 0.1) is 0 Å². The van der Waals surface area contributed by atoms with E-state index < -0.39 is 11.9 Å². The van der Waals surface area contributed by atoms with Gasteiger partial charge in [-0.05, 0) is 42.5 Å². The number of ether oxygens (including phenoxy) is 1. The van der Waals surface area contributed by atoms with E-state index in [1.807, 2.05) is 29.1 Å². The fourth-order valence-corrected chi connectivity index (χ4v) is 2.66. The van der Waals surface area contributed by atoms with Gasteiger partial charge < -0.3 is 14.6 Å². The van der Waals surface area contributed by atoms with Crippen molar-refractivity contribution >= 4 is 29.2 Å². The second kappa shape index (κ2) is 7.76. The maximum atomic E-state index is 12.1. The maximum absolute atomic E-state index is 12.1. The molecule has 0 saturated heterocycles. The summed E-state index contributed by atoms with van der Waals surface area (Å²) in [5, 5.41) is 5.16. The molecule has 1 heterocycles. The van der Waals surface area contributed by atoms with Crippen molar-refractivity contribution in [2.75, 3.05) is 12.4 Å². The average Bonchev–Trinajstić information content (AvgIpc) is 3.16. The number of rotatable bonds is 4. The summed E-state index contributed by atoms with van der Waals surface area (Å²) in [6.45, 7) is 0. The third-order valence-electron chi connectivity index (χ3n) is 3.66. The molecule has 0 saturated carbocycles. The van der Waals surface area contributed by atoms with Crippen molar-refractivity contribution in [1.82, 2.24) is 9.88 Å². The van der Waals surface area contributed by atoms with Crippen molar-refractivity contribution in [3.05, 3.63) is 77.6 Å². The Morgan fingerprint density at radius 3 is 2.46 bits per heavy atom. The van der Waals surface area contributed by atoms with Crippen molar-refractivity contribution in [3.63, 3.8) is 0 Å². The molecule has 0 radical (unpaired) electrons. The normalized spacial score (nSPS) is 10.2. The molecule has 3 aromatic rings. The first-order chi connectivity index (χ1) is 12.6. The van der Waals surface area contributed by atoms with E-state index in [0.717, 1.165) is 5.69 Å². The van der Waals surface area contributed by atoms with Crippen LogP contribution in [0.15, 0.2) is 67.0 Å². The summed E-state index contributed by atoms with van der Waals surface area (Å²) in [5.41, 5.74) is 1.50. The van der Waals surface area contributed by atoms with E-state index in [-0.39, 0.29) is 10.6 Å². The fourth-order valence-electron chi connectivity index (χ4n) is 2.44. The zero-order valence-corrected chi connectivity index (χ0v) is 14.7. The second-order valence-electron chi connectivity index (χ2n) is 5.37. The van der Waals surface area contributed by atoms with Crippen LogP contribution in [0.4, 0.5) is 10.5 Å². The van der Waals surface area contributed by atoms with Crippen LogP contribution in [0.3, 0.4) is 0 Å². The Morgan fingerprint density at radius 1 is 1.04 bits per heavy atom. The number of carbonyl (C=O) groups excluding carboxylic acids is 2. The molecule has 0 atom stereocenters. The van der Waals surface area contributed by atoms with Crippen molar-refractivity contribution in [3.8, 4) is 11.4 Å². The lowest BCUT2D eigenvalue weighted by Gasteiger charge is -2.13. The Hall–Kier alpha value is -3.25. The van der Waals surface area contributed by atoms with Crippen LogP contribution in [0.5, 0.6) is 5.75 Å². The highest BCUT2D eigenvalue weighted by Gasteiger charge is 2.14. The summed E-state index contributed by atoms with van der Waals surface area (Å²) < 4.78 is 7.20. The Labute approximate surface area is 155 Å². The number of hydrogen-bond donors (Lipinski definition) is 2. The van der Waals surface area contributed by atoms with E-state index in [1.165, 1.54) is 0 Å². The predicted molar refractivity (Wildman–Crippen MR) is 100 cm³/mol. The summed E-state index contributed by atoms with van der Waals surface area (Å²) in [4.78, 5) is 24.3. The van der Waals surface area contributed by atoms with Gasteiger partial charge in [0.15, 0.2) is 0 Å². The zero-order valence-electron chi connectivity index (χ0n) is 13.9. The Morgan fingerprint density at radius 2 is 1.77 bits per heavy atom. The fraction of sp³-hybridized carbons (Fsp3) is 0.0526. The highest BCUT2D eigenvalue weighted by molar-refractivity contribution is 6.34. The number of benzene rings is 2. The van der Waals surface area contributed by atoms with Crippen LogP contribution >= 0.6 is 11.6 Å². The molecule has 0 aliphatic rings. The number of nitrogens with one attached hydrogen (secondary N) is 2. The standard InChI is InChI=1S/C19H16ClN3O3/c1-26-17-9-8-13(12-16(17)23-10-4-5-11-23)21-19(25)22-18(24)14-6-2-3-7-15(14)20/h2-12H,1H3,(H2,21,22,24,25). The molecule has 0 aliphatic carbocycles. The summed E-state index contributed by atoms with van der Waals surface area (Å²) >= 11 is 5.96. The molecule has 2 N–H and O–H groups in total. The highest BCUT2D eigenvalue weighted by Crippen LogP contribution is 2.26. The van der Waals surface area contributed by atoms with Gasteiger partial charge in [-0.25, -0.2) is 4.79 Å². The molecule has 26 heavy (non-hydrogen) atoms. The van der Waals surface area contributed by atoms with E-state index in [2.05, 4.69) is 10.6 Å². The summed E-state index contributed by atoms with van der Waals surface area (Å²) in [5.74, 6) is 0.0755. The van der Waals surface area contributed by atoms with Gasteiger partial charge in [-0.2, -0.15) is 0 Å². The van der Waals surface area contributed by atoms with Gasteiger partial charge in [0.1, 0.15) is 5.75 Å². The molecule has 2 aromatic carbocycles. The molecule has 0 unspecified atom stereocenters. The molecular formula is C19H16ClN3O3. The first-order valence-corrected chi connectivity index (χ1v) is 8.14. The molecule has 1 aromatic heterocycles. The minimum Gasteiger partial charge on any atom is -0.495 e. The highest BCUT2D eigenvalue weighted by atomic mass is 35.5. The number of nitrogens with zero attached hydrogens (tertiary/aromatic N) is 1. The SMILES string of the molecule is COc1ccc(NC(=O)NC(=O)c2ccccc2Cl)cc1-n1cccc1. The van der Waals surface area contributed by atoms with Crippen molar-refractivity contribution in [1.29, 1.82) is 0 Å². The number of amides is 3. The van der Waals surface area contributed by atoms with Crippen molar-refractivity contribution < 1.29 is 14.3 Å². The van der Waals surface area contributed by atoms with E-state index in [1.54, 1.807) is 49.6 Å². The maximum Gasteiger partial charge on any atom is 0.326 e. The summed E-state index contributed by atoms with van der Waals surface area (Å²) in [6.07, 6.45) is 3.73. The molecule has 7 heteroatoms. The number of anilines is 1.